The van der Waals surface area contributed by atoms with Crippen LogP contribution in [0.25, 0.3) is 0 Å². The molecule has 1 unspecified atom stereocenters. The SMILES string of the molecule is COC(=S)NCC1CN(c2ccc(N3C=NN(CC4CC4)CC3)c(F)c2)NOCO1. The molecule has 1 saturated carbocycles. The van der Waals surface area contributed by atoms with Gasteiger partial charge in [-0.2, -0.15) is 5.10 Å². The number of nitrogens with one attached hydrogen (secondary N) is 2. The van der Waals surface area contributed by atoms with Crippen LogP contribution >= 0.6 is 12.2 Å². The van der Waals surface area contributed by atoms with E-state index in [2.05, 4.69) is 21.0 Å². The predicted molar refractivity (Wildman–Crippen MR) is 115 cm³/mol. The van der Waals surface area contributed by atoms with Crippen LogP contribution in [0.5, 0.6) is 0 Å². The minimum Gasteiger partial charge on any atom is -0.474 e. The number of hydrogen-bond acceptors (Lipinski definition) is 9. The highest BCUT2D eigenvalue weighted by molar-refractivity contribution is 7.80. The first kappa shape index (κ1) is 21.0. The third kappa shape index (κ3) is 5.48. The van der Waals surface area contributed by atoms with E-state index in [9.17, 15) is 4.39 Å². The van der Waals surface area contributed by atoms with E-state index in [1.165, 1.54) is 26.0 Å². The molecular formula is C19H27FN6O3S. The summed E-state index contributed by atoms with van der Waals surface area (Å²) in [7, 11) is 1.50. The van der Waals surface area contributed by atoms with Crippen LogP contribution in [0.3, 0.4) is 0 Å². The van der Waals surface area contributed by atoms with Crippen molar-refractivity contribution in [3.05, 3.63) is 24.0 Å². The Morgan fingerprint density at radius 2 is 2.27 bits per heavy atom. The maximum absolute atomic E-state index is 14.9. The molecule has 3 aliphatic rings. The third-order valence-corrected chi connectivity index (χ3v) is 5.57. The lowest BCUT2D eigenvalue weighted by molar-refractivity contribution is -0.0992. The van der Waals surface area contributed by atoms with Gasteiger partial charge in [0.2, 0.25) is 0 Å². The van der Waals surface area contributed by atoms with Crippen LogP contribution in [0, 0.1) is 11.7 Å². The number of anilines is 2. The first-order valence-electron chi connectivity index (χ1n) is 10.1. The van der Waals surface area contributed by atoms with Crippen LogP contribution in [0.15, 0.2) is 23.3 Å². The van der Waals surface area contributed by atoms with Crippen LogP contribution < -0.4 is 20.8 Å². The summed E-state index contributed by atoms with van der Waals surface area (Å²) < 4.78 is 25.5. The molecule has 2 heterocycles. The lowest BCUT2D eigenvalue weighted by Gasteiger charge is -2.31. The lowest BCUT2D eigenvalue weighted by Crippen LogP contribution is -2.44. The number of nitrogens with zero attached hydrogens (tertiary/aromatic N) is 4. The van der Waals surface area contributed by atoms with Crippen LogP contribution in [-0.4, -0.2) is 69.3 Å². The van der Waals surface area contributed by atoms with Gasteiger partial charge in [-0.3, -0.25) is 14.9 Å². The molecule has 0 spiro atoms. The second-order valence-corrected chi connectivity index (χ2v) is 7.91. The van der Waals surface area contributed by atoms with Crippen LogP contribution in [-0.2, 0) is 14.3 Å². The van der Waals surface area contributed by atoms with Crippen LogP contribution in [0.4, 0.5) is 15.8 Å². The zero-order chi connectivity index (χ0) is 20.9. The summed E-state index contributed by atoms with van der Waals surface area (Å²) in [6.07, 6.45) is 4.07. The van der Waals surface area contributed by atoms with Crippen molar-refractivity contribution in [2.75, 3.05) is 56.5 Å². The third-order valence-electron chi connectivity index (χ3n) is 5.25. The molecule has 2 fully saturated rings. The first-order valence-corrected chi connectivity index (χ1v) is 10.5. The smallest absolute Gasteiger partial charge is 0.256 e. The zero-order valence-corrected chi connectivity index (χ0v) is 17.7. The lowest BCUT2D eigenvalue weighted by atomic mass is 10.2. The van der Waals surface area contributed by atoms with E-state index < -0.39 is 0 Å². The van der Waals surface area contributed by atoms with Gasteiger partial charge in [-0.15, -0.1) is 5.59 Å². The Hall–Kier alpha value is -2.21. The Balaban J connectivity index is 1.38. The fraction of sp³-hybridized carbons (Fsp3) is 0.579. The van der Waals surface area contributed by atoms with Gasteiger partial charge in [0.15, 0.2) is 6.79 Å². The first-order chi connectivity index (χ1) is 14.6. The Labute approximate surface area is 180 Å². The predicted octanol–water partition coefficient (Wildman–Crippen LogP) is 1.42. The van der Waals surface area contributed by atoms with Crippen molar-refractivity contribution in [2.45, 2.75) is 18.9 Å². The van der Waals surface area contributed by atoms with E-state index in [0.29, 0.717) is 31.0 Å². The van der Waals surface area contributed by atoms with E-state index in [0.717, 1.165) is 19.0 Å². The van der Waals surface area contributed by atoms with Gasteiger partial charge in [0, 0.05) is 25.7 Å². The van der Waals surface area contributed by atoms with Gasteiger partial charge < -0.3 is 19.7 Å². The Morgan fingerprint density at radius 1 is 1.40 bits per heavy atom. The van der Waals surface area contributed by atoms with E-state index in [1.807, 2.05) is 11.0 Å². The molecule has 11 heteroatoms. The van der Waals surface area contributed by atoms with Crippen molar-refractivity contribution in [1.29, 1.82) is 0 Å². The molecule has 0 bridgehead atoms. The van der Waals surface area contributed by atoms with Crippen molar-refractivity contribution in [3.63, 3.8) is 0 Å². The molecule has 0 radical (unpaired) electrons. The maximum atomic E-state index is 14.9. The average molecular weight is 439 g/mol. The number of rotatable bonds is 6. The number of hydrogen-bond donors (Lipinski definition) is 2. The molecular weight excluding hydrogens is 411 g/mol. The molecule has 1 aromatic rings. The summed E-state index contributed by atoms with van der Waals surface area (Å²) in [5.74, 6) is 0.456. The second kappa shape index (κ2) is 9.73. The summed E-state index contributed by atoms with van der Waals surface area (Å²) in [5, 5.41) is 11.5. The number of hydrazone groups is 1. The molecule has 0 aromatic heterocycles. The molecule has 9 nitrogen and oxygen atoms in total. The fourth-order valence-electron chi connectivity index (χ4n) is 3.37. The molecule has 4 rings (SSSR count). The summed E-state index contributed by atoms with van der Waals surface area (Å²) in [6, 6.07) is 5.08. The van der Waals surface area contributed by atoms with Gasteiger partial charge in [-0.1, -0.05) is 0 Å². The van der Waals surface area contributed by atoms with Gasteiger partial charge in [-0.05, 0) is 43.1 Å². The quantitative estimate of drug-likeness (QED) is 0.642. The molecule has 1 saturated heterocycles. The molecule has 2 N–H and O–H groups in total. The number of benzene rings is 1. The standard InChI is InChI=1S/C19H27FN6O3S/c1-27-19(30)21-9-16-11-26(23-29-13-28-16)15-4-5-18(17(20)8-15)24-6-7-25(22-12-24)10-14-2-3-14/h4-5,8,12,14,16,23H,2-3,6-7,9-11,13H2,1H3,(H,21,30). The monoisotopic (exact) mass is 438 g/mol. The van der Waals surface area contributed by atoms with Crippen molar-refractivity contribution >= 4 is 35.1 Å². The Kier molecular flexibility index (Phi) is 6.82. The summed E-state index contributed by atoms with van der Waals surface area (Å²) >= 11 is 4.99. The van der Waals surface area contributed by atoms with Crippen molar-refractivity contribution in [2.24, 2.45) is 11.0 Å². The van der Waals surface area contributed by atoms with E-state index >= 15 is 0 Å². The molecule has 0 amide bonds. The molecule has 2 aliphatic heterocycles. The highest BCUT2D eigenvalue weighted by Crippen LogP contribution is 2.30. The molecule has 164 valence electrons. The minimum atomic E-state index is -0.322. The number of halogens is 1. The zero-order valence-electron chi connectivity index (χ0n) is 16.9. The summed E-state index contributed by atoms with van der Waals surface area (Å²) in [5.41, 5.74) is 3.92. The Bertz CT molecular complexity index is 781. The van der Waals surface area contributed by atoms with E-state index in [1.54, 1.807) is 17.4 Å². The molecule has 1 aromatic carbocycles. The number of ether oxygens (including phenoxy) is 2. The van der Waals surface area contributed by atoms with Crippen LogP contribution in [0.1, 0.15) is 12.8 Å². The maximum Gasteiger partial charge on any atom is 0.256 e. The summed E-state index contributed by atoms with van der Waals surface area (Å²) in [4.78, 5) is 7.11. The van der Waals surface area contributed by atoms with Gasteiger partial charge in [0.1, 0.15) is 12.2 Å². The van der Waals surface area contributed by atoms with E-state index in [-0.39, 0.29) is 23.9 Å². The van der Waals surface area contributed by atoms with Gasteiger partial charge in [-0.25, -0.2) is 4.39 Å². The highest BCUT2D eigenvalue weighted by atomic mass is 32.1. The number of hydrazine groups is 1. The molecule has 30 heavy (non-hydrogen) atoms. The minimum absolute atomic E-state index is 0.0603. The van der Waals surface area contributed by atoms with Gasteiger partial charge in [0.25, 0.3) is 5.17 Å². The normalized spacial score (nSPS) is 22.1. The second-order valence-electron chi connectivity index (χ2n) is 7.54. The van der Waals surface area contributed by atoms with Gasteiger partial charge >= 0.3 is 0 Å². The Morgan fingerprint density at radius 3 is 2.97 bits per heavy atom. The molecule has 1 atom stereocenters. The molecule has 1 aliphatic carbocycles. The van der Waals surface area contributed by atoms with Crippen molar-refractivity contribution < 1.29 is 18.7 Å². The highest BCUT2D eigenvalue weighted by Gasteiger charge is 2.26. The number of methoxy groups -OCH3 is 1. The van der Waals surface area contributed by atoms with Gasteiger partial charge in [0.05, 0.1) is 37.7 Å². The topological polar surface area (TPSA) is 73.8 Å². The summed E-state index contributed by atoms with van der Waals surface area (Å²) in [6.45, 7) is 3.43. The van der Waals surface area contributed by atoms with E-state index in [4.69, 9.17) is 26.5 Å². The average Bonchev–Trinajstić information content (AvgIpc) is 3.59. The largest absolute Gasteiger partial charge is 0.474 e. The van der Waals surface area contributed by atoms with Crippen molar-refractivity contribution in [3.8, 4) is 0 Å². The fourth-order valence-corrected chi connectivity index (χ4v) is 3.45. The number of thiocarbonyl (C=S) groups is 1. The van der Waals surface area contributed by atoms with Crippen LogP contribution in [0.2, 0.25) is 0 Å². The van der Waals surface area contributed by atoms with Crippen molar-refractivity contribution in [1.82, 2.24) is 15.9 Å².